The zero-order valence-electron chi connectivity index (χ0n) is 10.9. The van der Waals surface area contributed by atoms with E-state index in [1.165, 1.54) is 0 Å². The minimum absolute atomic E-state index is 0.271. The van der Waals surface area contributed by atoms with Crippen molar-refractivity contribution in [2.45, 2.75) is 35.2 Å². The quantitative estimate of drug-likeness (QED) is 0.320. The van der Waals surface area contributed by atoms with Gasteiger partial charge in [0, 0.05) is 0 Å². The predicted molar refractivity (Wildman–Crippen MR) is 68.0 cm³/mol. The summed E-state index contributed by atoms with van der Waals surface area (Å²) in [5.74, 6) is -1.13. The molecule has 0 saturated heterocycles. The number of carbonyl (C=O) groups is 1. The molecule has 3 nitrogen and oxygen atoms in total. The summed E-state index contributed by atoms with van der Waals surface area (Å²) in [5.41, 5.74) is -5.05. The van der Waals surface area contributed by atoms with E-state index in [4.69, 9.17) is 5.11 Å². The van der Waals surface area contributed by atoms with Gasteiger partial charge in [-0.25, -0.2) is 0 Å². The SMILES string of the molecule is CCC(C(=O)OCC(O)(C(F)(F)F)C(F)(F)F)I(C)C. The molecule has 20 heavy (non-hydrogen) atoms. The summed E-state index contributed by atoms with van der Waals surface area (Å²) in [6, 6.07) is 0. The zero-order chi connectivity index (χ0) is 16.4. The standard InChI is InChI=1S/C10H15F6IO3/c1-4-6(17(2)3)7(18)20-5-8(19,9(11,12)13)10(14,15)16/h6,19H,4-5H2,1-3H3. The van der Waals surface area contributed by atoms with Crippen LogP contribution < -0.4 is 0 Å². The first-order chi connectivity index (χ1) is 8.78. The minimum atomic E-state index is -5.98. The van der Waals surface area contributed by atoms with Gasteiger partial charge >= 0.3 is 118 Å². The van der Waals surface area contributed by atoms with E-state index in [9.17, 15) is 31.1 Å². The van der Waals surface area contributed by atoms with Crippen LogP contribution in [0.1, 0.15) is 13.3 Å². The fourth-order valence-corrected chi connectivity index (χ4v) is 4.20. The summed E-state index contributed by atoms with van der Waals surface area (Å²) < 4.78 is 77.5. The molecule has 0 bridgehead atoms. The first-order valence-corrected chi connectivity index (χ1v) is 10.8. The Morgan fingerprint density at radius 3 is 1.80 bits per heavy atom. The van der Waals surface area contributed by atoms with Crippen LogP contribution in [0.4, 0.5) is 26.3 Å². The summed E-state index contributed by atoms with van der Waals surface area (Å²) >= 11 is -1.80. The van der Waals surface area contributed by atoms with Crippen molar-refractivity contribution in [3.05, 3.63) is 0 Å². The number of halogens is 7. The molecule has 10 heteroatoms. The van der Waals surface area contributed by atoms with Crippen LogP contribution >= 0.6 is 19.8 Å². The number of aliphatic hydroxyl groups is 1. The molecular weight excluding hydrogens is 409 g/mol. The molecule has 1 N–H and O–H groups in total. The predicted octanol–water partition coefficient (Wildman–Crippen LogP) is 2.93. The van der Waals surface area contributed by atoms with Crippen LogP contribution in [-0.2, 0) is 9.53 Å². The number of alkyl halides is 9. The Morgan fingerprint density at radius 2 is 1.55 bits per heavy atom. The van der Waals surface area contributed by atoms with Crippen LogP contribution in [0, 0.1) is 0 Å². The molecule has 122 valence electrons. The van der Waals surface area contributed by atoms with Gasteiger partial charge in [-0.2, -0.15) is 0 Å². The van der Waals surface area contributed by atoms with Crippen LogP contribution in [-0.4, -0.2) is 49.4 Å². The third kappa shape index (κ3) is 4.37. The molecule has 0 fully saturated rings. The Bertz CT molecular complexity index is 325. The molecule has 1 atom stereocenters. The van der Waals surface area contributed by atoms with Crippen LogP contribution in [0.15, 0.2) is 0 Å². The van der Waals surface area contributed by atoms with E-state index in [-0.39, 0.29) is 6.42 Å². The van der Waals surface area contributed by atoms with Gasteiger partial charge < -0.3 is 0 Å². The van der Waals surface area contributed by atoms with Crippen LogP contribution in [0.5, 0.6) is 0 Å². The molecule has 0 amide bonds. The molecule has 0 aliphatic rings. The van der Waals surface area contributed by atoms with E-state index in [0.717, 1.165) is 0 Å². The number of carbonyl (C=O) groups excluding carboxylic acids is 1. The number of rotatable bonds is 5. The molecule has 0 spiro atoms. The third-order valence-electron chi connectivity index (χ3n) is 2.50. The molecule has 0 saturated carbocycles. The van der Waals surface area contributed by atoms with E-state index >= 15 is 0 Å². The molecule has 0 aliphatic heterocycles. The first kappa shape index (κ1) is 19.7. The van der Waals surface area contributed by atoms with Gasteiger partial charge in [-0.05, 0) is 0 Å². The van der Waals surface area contributed by atoms with Crippen molar-refractivity contribution >= 4 is 25.8 Å². The molecule has 0 radical (unpaired) electrons. The van der Waals surface area contributed by atoms with Gasteiger partial charge in [0.05, 0.1) is 0 Å². The van der Waals surface area contributed by atoms with Gasteiger partial charge in [0.25, 0.3) is 0 Å². The van der Waals surface area contributed by atoms with Crippen LogP contribution in [0.25, 0.3) is 0 Å². The maximum atomic E-state index is 12.3. The molecule has 1 unspecified atom stereocenters. The zero-order valence-corrected chi connectivity index (χ0v) is 13.1. The molecule has 0 aliphatic carbocycles. The van der Waals surface area contributed by atoms with E-state index in [0.29, 0.717) is 0 Å². The normalized spacial score (nSPS) is 15.8. The molecule has 0 aromatic carbocycles. The van der Waals surface area contributed by atoms with Crippen molar-refractivity contribution < 1.29 is 41.0 Å². The molecular formula is C10H15F6IO3. The number of esters is 1. The Kier molecular flexibility index (Phi) is 6.58. The fourth-order valence-electron chi connectivity index (χ4n) is 1.24. The second-order valence-electron chi connectivity index (χ2n) is 4.15. The average molecular weight is 424 g/mol. The van der Waals surface area contributed by atoms with Crippen molar-refractivity contribution in [1.82, 2.24) is 0 Å². The van der Waals surface area contributed by atoms with E-state index in [2.05, 4.69) is 4.74 Å². The van der Waals surface area contributed by atoms with E-state index < -0.39 is 54.3 Å². The topological polar surface area (TPSA) is 46.5 Å². The van der Waals surface area contributed by atoms with Gasteiger partial charge in [-0.3, -0.25) is 0 Å². The Labute approximate surface area is 119 Å². The van der Waals surface area contributed by atoms with E-state index in [1.54, 1.807) is 16.8 Å². The monoisotopic (exact) mass is 424 g/mol. The van der Waals surface area contributed by atoms with Crippen LogP contribution in [0.3, 0.4) is 0 Å². The third-order valence-corrected chi connectivity index (χ3v) is 6.90. The average Bonchev–Trinajstić information content (AvgIpc) is 2.22. The molecule has 0 aromatic heterocycles. The Morgan fingerprint density at radius 1 is 1.15 bits per heavy atom. The summed E-state index contributed by atoms with van der Waals surface area (Å²) in [7, 11) is 0. The Hall–Kier alpha value is -0.260. The molecule has 0 aromatic rings. The second kappa shape index (κ2) is 6.67. The van der Waals surface area contributed by atoms with Gasteiger partial charge in [0.2, 0.25) is 0 Å². The van der Waals surface area contributed by atoms with Gasteiger partial charge in [-0.15, -0.1) is 0 Å². The Balaban J connectivity index is 5.03. The summed E-state index contributed by atoms with van der Waals surface area (Å²) in [6.45, 7) is -0.595. The maximum absolute atomic E-state index is 12.3. The fraction of sp³-hybridized carbons (Fsp3) is 0.900. The van der Waals surface area contributed by atoms with Crippen molar-refractivity contribution in [2.75, 3.05) is 16.5 Å². The van der Waals surface area contributed by atoms with Crippen molar-refractivity contribution in [3.63, 3.8) is 0 Å². The van der Waals surface area contributed by atoms with E-state index in [1.807, 2.05) is 0 Å². The second-order valence-corrected chi connectivity index (χ2v) is 10.3. The van der Waals surface area contributed by atoms with Gasteiger partial charge in [0.15, 0.2) is 0 Å². The summed E-state index contributed by atoms with van der Waals surface area (Å²) in [5, 5.41) is 8.81. The number of hydrogen-bond acceptors (Lipinski definition) is 3. The first-order valence-electron chi connectivity index (χ1n) is 5.29. The van der Waals surface area contributed by atoms with Gasteiger partial charge in [0.1, 0.15) is 0 Å². The van der Waals surface area contributed by atoms with Crippen molar-refractivity contribution in [1.29, 1.82) is 0 Å². The van der Waals surface area contributed by atoms with Crippen molar-refractivity contribution in [2.24, 2.45) is 0 Å². The number of ether oxygens (including phenoxy) is 1. The van der Waals surface area contributed by atoms with Gasteiger partial charge in [-0.1, -0.05) is 0 Å². The molecule has 0 rings (SSSR count). The van der Waals surface area contributed by atoms with Crippen molar-refractivity contribution in [3.8, 4) is 0 Å². The summed E-state index contributed by atoms with van der Waals surface area (Å²) in [6.07, 6.45) is -11.7. The summed E-state index contributed by atoms with van der Waals surface area (Å²) in [4.78, 5) is 15.0. The molecule has 0 heterocycles. The number of hydrogen-bond donors (Lipinski definition) is 1. The van der Waals surface area contributed by atoms with Crippen LogP contribution in [0.2, 0.25) is 0 Å².